The molecule has 11 heteroatoms. The topological polar surface area (TPSA) is 121 Å². The van der Waals surface area contributed by atoms with Crippen LogP contribution in [0, 0.1) is 13.8 Å². The third kappa shape index (κ3) is 99.1. The first kappa shape index (κ1) is 58.0. The molecule has 0 aliphatic heterocycles. The van der Waals surface area contributed by atoms with Gasteiger partial charge in [-0.15, -0.1) is 0 Å². The second-order valence-corrected chi connectivity index (χ2v) is 17.6. The zero-order valence-corrected chi connectivity index (χ0v) is 37.5. The van der Waals surface area contributed by atoms with E-state index in [1.54, 1.807) is 0 Å². The van der Waals surface area contributed by atoms with Gasteiger partial charge in [-0.2, -0.15) is 12.8 Å². The summed E-state index contributed by atoms with van der Waals surface area (Å²) in [5.41, 5.74) is 0. The minimum Gasteiger partial charge on any atom is -0.343 e. The van der Waals surface area contributed by atoms with Crippen LogP contribution in [0.4, 0.5) is 0 Å². The summed E-state index contributed by atoms with van der Waals surface area (Å²) in [5.74, 6) is 0. The van der Waals surface area contributed by atoms with Crippen LogP contribution in [0.1, 0.15) is 219 Å². The molecule has 0 radical (unpaired) electrons. The van der Waals surface area contributed by atoms with Crippen LogP contribution in [0.5, 0.6) is 0 Å². The van der Waals surface area contributed by atoms with Gasteiger partial charge in [0.05, 0.1) is 0 Å². The molecule has 0 aromatic heterocycles. The van der Waals surface area contributed by atoms with Crippen LogP contribution < -0.4 is 0 Å². The van der Waals surface area contributed by atoms with Crippen molar-refractivity contribution >= 4 is 37.1 Å². The summed E-state index contributed by atoms with van der Waals surface area (Å²) in [4.78, 5) is 45.3. The van der Waals surface area contributed by atoms with E-state index in [9.17, 15) is 0 Å². The standard InChI is InChI=1S/2C18H37.2H3O3PS.Zn/c2*1-3-5-7-9-11-13-15-17-18-16-14-12-10-8-6-4-2;2*1-4(2,3)5;/h2*1,3-18H2,2H3;2*(H3,1,2,3,5);/q2*-1;;;+2. The van der Waals surface area contributed by atoms with Crippen molar-refractivity contribution in [2.75, 3.05) is 0 Å². The van der Waals surface area contributed by atoms with Crippen LogP contribution in [0.2, 0.25) is 0 Å². The monoisotopic (exact) mass is 798 g/mol. The Morgan fingerprint density at radius 3 is 0.532 bits per heavy atom. The third-order valence-electron chi connectivity index (χ3n) is 7.71. The Hall–Kier alpha value is 1.68. The van der Waals surface area contributed by atoms with E-state index in [0.29, 0.717) is 0 Å². The molecule has 0 saturated carbocycles. The number of hydrogen-bond acceptors (Lipinski definition) is 2. The fourth-order valence-electron chi connectivity index (χ4n) is 5.10. The van der Waals surface area contributed by atoms with Gasteiger partial charge in [-0.3, -0.25) is 0 Å². The van der Waals surface area contributed by atoms with E-state index in [4.69, 9.17) is 29.4 Å². The van der Waals surface area contributed by atoms with Gasteiger partial charge in [0.25, 0.3) is 0 Å². The molecule has 6 N–H and O–H groups in total. The van der Waals surface area contributed by atoms with Crippen LogP contribution in [-0.4, -0.2) is 29.4 Å². The van der Waals surface area contributed by atoms with Gasteiger partial charge in [0.15, 0.2) is 0 Å². The molecule has 284 valence electrons. The SMILES string of the molecule is OP(O)(O)=S.OP(O)(O)=S.[CH2-]CCCCCCCCCCCCCCCCC.[CH2-]CCCCCCCCCCCCCCCCC.[Zn+2]. The largest absolute Gasteiger partial charge is 2.00 e. The van der Waals surface area contributed by atoms with Crippen molar-refractivity contribution in [3.05, 3.63) is 13.8 Å². The molecule has 0 aromatic carbocycles. The molecule has 6 nitrogen and oxygen atoms in total. The molecule has 0 saturated heterocycles. The summed E-state index contributed by atoms with van der Waals surface area (Å²) < 4.78 is 0. The molecule has 0 aliphatic carbocycles. The number of rotatable bonds is 30. The predicted molar refractivity (Wildman–Crippen MR) is 212 cm³/mol. The summed E-state index contributed by atoms with van der Waals surface area (Å²) in [6, 6.07) is 0. The molecular formula is C36H80O6P2S2Zn. The van der Waals surface area contributed by atoms with Crippen molar-refractivity contribution in [1.29, 1.82) is 0 Å². The molecule has 47 heavy (non-hydrogen) atoms. The van der Waals surface area contributed by atoms with E-state index in [0.717, 1.165) is 12.8 Å². The summed E-state index contributed by atoms with van der Waals surface area (Å²) in [5, 5.41) is 0. The maximum absolute atomic E-state index is 7.56. The van der Waals surface area contributed by atoms with Gasteiger partial charge in [-0.05, 0) is 23.6 Å². The van der Waals surface area contributed by atoms with Crippen molar-refractivity contribution < 1.29 is 48.8 Å². The van der Waals surface area contributed by atoms with E-state index in [1.165, 1.54) is 193 Å². The molecule has 0 fully saturated rings. The fraction of sp³-hybridized carbons (Fsp3) is 0.944. The van der Waals surface area contributed by atoms with Gasteiger partial charge in [-0.25, -0.2) is 0 Å². The van der Waals surface area contributed by atoms with Crippen molar-refractivity contribution in [3.63, 3.8) is 0 Å². The van der Waals surface area contributed by atoms with Crippen LogP contribution in [-0.2, 0) is 43.1 Å². The minimum atomic E-state index is -3.81. The average molecular weight is 801 g/mol. The Kier molecular flexibility index (Phi) is 61.5. The molecule has 0 atom stereocenters. The fourth-order valence-corrected chi connectivity index (χ4v) is 5.10. The van der Waals surface area contributed by atoms with Crippen molar-refractivity contribution in [3.8, 4) is 0 Å². The van der Waals surface area contributed by atoms with Crippen LogP contribution in [0.25, 0.3) is 0 Å². The Balaban J connectivity index is -0.000000191. The Bertz CT molecular complexity index is 524. The van der Waals surface area contributed by atoms with E-state index >= 15 is 0 Å². The van der Waals surface area contributed by atoms with E-state index in [2.05, 4.69) is 51.3 Å². The molecule has 0 unspecified atom stereocenters. The van der Waals surface area contributed by atoms with Gasteiger partial charge in [-0.1, -0.05) is 206 Å². The van der Waals surface area contributed by atoms with Gasteiger partial charge >= 0.3 is 32.9 Å². The van der Waals surface area contributed by atoms with Crippen LogP contribution in [0.15, 0.2) is 0 Å². The van der Waals surface area contributed by atoms with Gasteiger partial charge in [0.1, 0.15) is 0 Å². The molecule has 0 aliphatic rings. The summed E-state index contributed by atoms with van der Waals surface area (Å²) in [7, 11) is 0. The molecular weight excluding hydrogens is 720 g/mol. The smallest absolute Gasteiger partial charge is 0.343 e. The second-order valence-electron chi connectivity index (χ2n) is 12.6. The quantitative estimate of drug-likeness (QED) is 0.0184. The summed E-state index contributed by atoms with van der Waals surface area (Å²) in [6.07, 6.45) is 45.6. The van der Waals surface area contributed by atoms with Crippen molar-refractivity contribution in [2.24, 2.45) is 0 Å². The zero-order chi connectivity index (χ0) is 35.6. The van der Waals surface area contributed by atoms with Gasteiger partial charge in [0.2, 0.25) is 0 Å². The maximum atomic E-state index is 7.56. The predicted octanol–water partition coefficient (Wildman–Crippen LogP) is 12.5. The number of hydrogen-bond donors (Lipinski definition) is 6. The Labute approximate surface area is 317 Å². The van der Waals surface area contributed by atoms with Crippen molar-refractivity contribution in [2.45, 2.75) is 219 Å². The minimum absolute atomic E-state index is 0. The van der Waals surface area contributed by atoms with Crippen LogP contribution >= 0.6 is 13.4 Å². The molecule has 0 aromatic rings. The normalized spacial score (nSPS) is 10.9. The first-order chi connectivity index (χ1) is 21.8. The van der Waals surface area contributed by atoms with Gasteiger partial charge in [0, 0.05) is 0 Å². The summed E-state index contributed by atoms with van der Waals surface area (Å²) in [6.45, 7) is 4.74. The van der Waals surface area contributed by atoms with E-state index < -0.39 is 13.4 Å². The molecule has 0 heterocycles. The molecule has 0 bridgehead atoms. The van der Waals surface area contributed by atoms with E-state index in [-0.39, 0.29) is 19.5 Å². The third-order valence-corrected chi connectivity index (χ3v) is 7.71. The Morgan fingerprint density at radius 1 is 0.319 bits per heavy atom. The van der Waals surface area contributed by atoms with E-state index in [1.807, 2.05) is 0 Å². The molecule has 0 spiro atoms. The molecule has 0 rings (SSSR count). The van der Waals surface area contributed by atoms with Gasteiger partial charge < -0.3 is 43.2 Å². The molecule has 0 amide bonds. The zero-order valence-electron chi connectivity index (χ0n) is 31.1. The first-order valence-electron chi connectivity index (χ1n) is 19.0. The Morgan fingerprint density at radius 2 is 0.426 bits per heavy atom. The maximum Gasteiger partial charge on any atom is 2.00 e. The average Bonchev–Trinajstić information content (AvgIpc) is 2.96. The summed E-state index contributed by atoms with van der Waals surface area (Å²) >= 11 is 7.21. The first-order valence-corrected chi connectivity index (χ1v) is 24.3. The second kappa shape index (κ2) is 49.8. The number of unbranched alkanes of at least 4 members (excludes halogenated alkanes) is 30. The van der Waals surface area contributed by atoms with Crippen molar-refractivity contribution in [1.82, 2.24) is 0 Å². The van der Waals surface area contributed by atoms with Crippen LogP contribution in [0.3, 0.4) is 0 Å².